The summed E-state index contributed by atoms with van der Waals surface area (Å²) in [7, 11) is 0. The van der Waals surface area contributed by atoms with Crippen molar-refractivity contribution in [2.45, 2.75) is 252 Å². The number of hydrogen-bond acceptors (Lipinski definition) is 6. The average molecular weight is 709 g/mol. The van der Waals surface area contributed by atoms with Crippen molar-refractivity contribution < 1.29 is 28.6 Å². The van der Waals surface area contributed by atoms with E-state index in [1.165, 1.54) is 148 Å². The van der Waals surface area contributed by atoms with E-state index in [0.717, 1.165) is 57.8 Å². The predicted octanol–water partition coefficient (Wildman–Crippen LogP) is 13.7. The number of ether oxygens (including phenoxy) is 3. The van der Waals surface area contributed by atoms with Crippen molar-refractivity contribution in [2.75, 3.05) is 13.2 Å². The maximum Gasteiger partial charge on any atom is 0.306 e. The standard InChI is InChI=1S/C44H84O6/c1-4-7-10-13-16-18-20-21-22-23-24-26-28-31-34-37-43(46)49-40-41(39-48-42(45)36-33-30-27-15-12-9-6-3)50-44(47)38-35-32-29-25-19-17-14-11-8-5-2/h41H,4-40H2,1-3H3. The van der Waals surface area contributed by atoms with Gasteiger partial charge >= 0.3 is 17.9 Å². The minimum atomic E-state index is -0.756. The van der Waals surface area contributed by atoms with Gasteiger partial charge in [0, 0.05) is 19.3 Å². The first-order valence-corrected chi connectivity index (χ1v) is 22.0. The van der Waals surface area contributed by atoms with E-state index < -0.39 is 6.10 Å². The van der Waals surface area contributed by atoms with Crippen LogP contribution in [0.1, 0.15) is 245 Å². The Morgan fingerprint density at radius 2 is 0.540 bits per heavy atom. The van der Waals surface area contributed by atoms with Crippen LogP contribution in [0.5, 0.6) is 0 Å². The summed E-state index contributed by atoms with van der Waals surface area (Å²) in [5.74, 6) is -0.862. The zero-order valence-electron chi connectivity index (χ0n) is 33.7. The second kappa shape index (κ2) is 40.2. The zero-order valence-corrected chi connectivity index (χ0v) is 33.7. The molecule has 0 aliphatic rings. The van der Waals surface area contributed by atoms with Gasteiger partial charge in [-0.05, 0) is 19.3 Å². The van der Waals surface area contributed by atoms with Crippen molar-refractivity contribution >= 4 is 17.9 Å². The van der Waals surface area contributed by atoms with Crippen molar-refractivity contribution in [2.24, 2.45) is 0 Å². The van der Waals surface area contributed by atoms with Gasteiger partial charge in [-0.2, -0.15) is 0 Å². The lowest BCUT2D eigenvalue weighted by atomic mass is 10.0. The Kier molecular flexibility index (Phi) is 38.9. The molecule has 0 aliphatic carbocycles. The lowest BCUT2D eigenvalue weighted by Gasteiger charge is -2.18. The first-order chi connectivity index (χ1) is 24.5. The van der Waals surface area contributed by atoms with E-state index in [0.29, 0.717) is 19.3 Å². The molecule has 0 N–H and O–H groups in total. The molecule has 0 fully saturated rings. The topological polar surface area (TPSA) is 78.9 Å². The zero-order chi connectivity index (χ0) is 36.6. The summed E-state index contributed by atoms with van der Waals surface area (Å²) in [6.45, 7) is 6.60. The molecule has 0 radical (unpaired) electrons. The second-order valence-electron chi connectivity index (χ2n) is 15.0. The first kappa shape index (κ1) is 48.4. The molecule has 6 nitrogen and oxygen atoms in total. The summed E-state index contributed by atoms with van der Waals surface area (Å²) in [5, 5.41) is 0. The highest BCUT2D eigenvalue weighted by atomic mass is 16.6. The fourth-order valence-corrected chi connectivity index (χ4v) is 6.50. The van der Waals surface area contributed by atoms with Gasteiger partial charge in [0.15, 0.2) is 6.10 Å². The Hall–Kier alpha value is -1.59. The van der Waals surface area contributed by atoms with Crippen LogP contribution < -0.4 is 0 Å². The van der Waals surface area contributed by atoms with Gasteiger partial charge in [0.25, 0.3) is 0 Å². The van der Waals surface area contributed by atoms with Crippen LogP contribution in [0.3, 0.4) is 0 Å². The second-order valence-corrected chi connectivity index (χ2v) is 15.0. The van der Waals surface area contributed by atoms with E-state index in [1.807, 2.05) is 0 Å². The highest BCUT2D eigenvalue weighted by Crippen LogP contribution is 2.15. The number of carbonyl (C=O) groups excluding carboxylic acids is 3. The fourth-order valence-electron chi connectivity index (χ4n) is 6.50. The predicted molar refractivity (Wildman–Crippen MR) is 210 cm³/mol. The van der Waals surface area contributed by atoms with Crippen molar-refractivity contribution in [3.63, 3.8) is 0 Å². The van der Waals surface area contributed by atoms with Gasteiger partial charge < -0.3 is 14.2 Å². The van der Waals surface area contributed by atoms with Gasteiger partial charge in [-0.3, -0.25) is 14.4 Å². The van der Waals surface area contributed by atoms with Gasteiger partial charge in [0.1, 0.15) is 13.2 Å². The quantitative estimate of drug-likeness (QED) is 0.0358. The third-order valence-corrected chi connectivity index (χ3v) is 9.86. The highest BCUT2D eigenvalue weighted by Gasteiger charge is 2.19. The molecule has 0 amide bonds. The molecule has 0 aromatic heterocycles. The maximum absolute atomic E-state index is 12.6. The minimum Gasteiger partial charge on any atom is -0.462 e. The van der Waals surface area contributed by atoms with Crippen LogP contribution in [0.25, 0.3) is 0 Å². The summed E-state index contributed by atoms with van der Waals surface area (Å²) in [6, 6.07) is 0. The molecule has 1 atom stereocenters. The van der Waals surface area contributed by atoms with Gasteiger partial charge in [-0.25, -0.2) is 0 Å². The first-order valence-electron chi connectivity index (χ1n) is 22.0. The van der Waals surface area contributed by atoms with Crippen LogP contribution in [0.2, 0.25) is 0 Å². The smallest absolute Gasteiger partial charge is 0.306 e. The summed E-state index contributed by atoms with van der Waals surface area (Å²) in [5.41, 5.74) is 0. The normalized spacial score (nSPS) is 11.8. The van der Waals surface area contributed by atoms with Crippen molar-refractivity contribution in [3.05, 3.63) is 0 Å². The average Bonchev–Trinajstić information content (AvgIpc) is 3.11. The largest absolute Gasteiger partial charge is 0.462 e. The number of unbranched alkanes of at least 4 members (excludes halogenated alkanes) is 29. The van der Waals surface area contributed by atoms with Crippen molar-refractivity contribution in [3.8, 4) is 0 Å². The van der Waals surface area contributed by atoms with E-state index in [9.17, 15) is 14.4 Å². The molecule has 0 saturated heterocycles. The third kappa shape index (κ3) is 37.7. The van der Waals surface area contributed by atoms with Crippen LogP contribution in [0.4, 0.5) is 0 Å². The Bertz CT molecular complexity index is 738. The van der Waals surface area contributed by atoms with E-state index in [-0.39, 0.29) is 31.1 Å². The van der Waals surface area contributed by atoms with Crippen LogP contribution >= 0.6 is 0 Å². The Balaban J connectivity index is 4.23. The lowest BCUT2D eigenvalue weighted by Crippen LogP contribution is -2.30. The SMILES string of the molecule is CCCCCCCCCCCCCCCCCC(=O)OCC(COC(=O)CCCCCCCCC)OC(=O)CCCCCCCCCCCC. The molecule has 0 aromatic rings. The van der Waals surface area contributed by atoms with E-state index in [2.05, 4.69) is 20.8 Å². The molecule has 6 heteroatoms. The monoisotopic (exact) mass is 709 g/mol. The van der Waals surface area contributed by atoms with Crippen molar-refractivity contribution in [1.29, 1.82) is 0 Å². The Morgan fingerprint density at radius 3 is 0.800 bits per heavy atom. The summed E-state index contributed by atoms with van der Waals surface area (Å²) < 4.78 is 16.6. The lowest BCUT2D eigenvalue weighted by molar-refractivity contribution is -0.167. The molecule has 0 heterocycles. The van der Waals surface area contributed by atoms with Gasteiger partial charge in [0.2, 0.25) is 0 Å². The number of hydrogen-bond donors (Lipinski definition) is 0. The summed E-state index contributed by atoms with van der Waals surface area (Å²) >= 11 is 0. The molecular formula is C44H84O6. The van der Waals surface area contributed by atoms with E-state index in [1.54, 1.807) is 0 Å². The molecule has 296 valence electrons. The van der Waals surface area contributed by atoms with E-state index in [4.69, 9.17) is 14.2 Å². The highest BCUT2D eigenvalue weighted by molar-refractivity contribution is 5.71. The van der Waals surface area contributed by atoms with Gasteiger partial charge in [0.05, 0.1) is 0 Å². The minimum absolute atomic E-state index is 0.0634. The van der Waals surface area contributed by atoms with Crippen LogP contribution in [0, 0.1) is 0 Å². The van der Waals surface area contributed by atoms with E-state index >= 15 is 0 Å². The van der Waals surface area contributed by atoms with Crippen molar-refractivity contribution in [1.82, 2.24) is 0 Å². The fraction of sp³-hybridized carbons (Fsp3) is 0.932. The summed E-state index contributed by atoms with van der Waals surface area (Å²) in [6.07, 6.45) is 39.5. The molecule has 0 spiro atoms. The van der Waals surface area contributed by atoms with Gasteiger partial charge in [-0.15, -0.1) is 0 Å². The molecule has 0 saturated carbocycles. The van der Waals surface area contributed by atoms with Crippen LogP contribution in [0.15, 0.2) is 0 Å². The molecule has 0 bridgehead atoms. The molecule has 0 aliphatic heterocycles. The Morgan fingerprint density at radius 1 is 0.320 bits per heavy atom. The third-order valence-electron chi connectivity index (χ3n) is 9.86. The Labute approximate surface area is 310 Å². The van der Waals surface area contributed by atoms with Crippen LogP contribution in [-0.4, -0.2) is 37.2 Å². The number of rotatable bonds is 40. The summed E-state index contributed by atoms with van der Waals surface area (Å²) in [4.78, 5) is 37.5. The van der Waals surface area contributed by atoms with Gasteiger partial charge in [-0.1, -0.05) is 207 Å². The van der Waals surface area contributed by atoms with Crippen LogP contribution in [-0.2, 0) is 28.6 Å². The molecule has 50 heavy (non-hydrogen) atoms. The molecule has 1 unspecified atom stereocenters. The molecule has 0 rings (SSSR count). The number of carbonyl (C=O) groups is 3. The number of esters is 3. The maximum atomic E-state index is 12.6. The molecular weight excluding hydrogens is 624 g/mol. The molecule has 0 aromatic carbocycles.